The molecule has 1 heterocycles. The molecule has 1 aliphatic carbocycles. The zero-order valence-electron chi connectivity index (χ0n) is 5.71. The number of rotatable bonds is 0. The van der Waals surface area contributed by atoms with Crippen LogP contribution in [0.4, 0.5) is 0 Å². The first kappa shape index (κ1) is 6.16. The monoisotopic (exact) mass is 142 g/mol. The fourth-order valence-electron chi connectivity index (χ4n) is 1.68. The Bertz CT molecular complexity index is 155. The highest BCUT2D eigenvalue weighted by molar-refractivity contribution is 5.73. The lowest BCUT2D eigenvalue weighted by Gasteiger charge is -2.23. The molecule has 1 saturated carbocycles. The van der Waals surface area contributed by atoms with Crippen LogP contribution in [0.2, 0.25) is 0 Å². The van der Waals surface area contributed by atoms with Gasteiger partial charge in [0, 0.05) is 0 Å². The van der Waals surface area contributed by atoms with Crippen molar-refractivity contribution in [1.29, 1.82) is 0 Å². The van der Waals surface area contributed by atoms with Gasteiger partial charge < -0.3 is 9.47 Å². The molecule has 2 atom stereocenters. The van der Waals surface area contributed by atoms with Crippen molar-refractivity contribution in [2.24, 2.45) is 5.92 Å². The highest BCUT2D eigenvalue weighted by atomic mass is 16.7. The summed E-state index contributed by atoms with van der Waals surface area (Å²) in [6, 6.07) is 0. The van der Waals surface area contributed by atoms with Gasteiger partial charge in [0.15, 0.2) is 6.79 Å². The summed E-state index contributed by atoms with van der Waals surface area (Å²) < 4.78 is 9.96. The maximum absolute atomic E-state index is 11.0. The summed E-state index contributed by atoms with van der Waals surface area (Å²) in [4.78, 5) is 11.0. The summed E-state index contributed by atoms with van der Waals surface area (Å²) in [6.45, 7) is 0.167. The fraction of sp³-hybridized carbons (Fsp3) is 0.857. The number of fused-ring (bicyclic) bond motifs is 1. The van der Waals surface area contributed by atoms with Gasteiger partial charge in [-0.1, -0.05) is 0 Å². The standard InChI is InChI=1S/C7H10O3/c8-7-5-2-1-3-6(5)9-4-10-7/h5-6H,1-4H2. The molecule has 1 saturated heterocycles. The number of hydrogen-bond acceptors (Lipinski definition) is 3. The number of esters is 1. The fourth-order valence-corrected chi connectivity index (χ4v) is 1.68. The first-order valence-electron chi connectivity index (χ1n) is 3.66. The number of ether oxygens (including phenoxy) is 2. The lowest BCUT2D eigenvalue weighted by molar-refractivity contribution is -0.190. The van der Waals surface area contributed by atoms with Crippen molar-refractivity contribution in [2.75, 3.05) is 6.79 Å². The molecule has 1 aliphatic heterocycles. The zero-order chi connectivity index (χ0) is 6.97. The molecule has 3 nitrogen and oxygen atoms in total. The largest absolute Gasteiger partial charge is 0.438 e. The van der Waals surface area contributed by atoms with Crippen molar-refractivity contribution in [3.8, 4) is 0 Å². The van der Waals surface area contributed by atoms with E-state index < -0.39 is 0 Å². The van der Waals surface area contributed by atoms with E-state index in [9.17, 15) is 4.79 Å². The van der Waals surface area contributed by atoms with Crippen LogP contribution in [0.3, 0.4) is 0 Å². The van der Waals surface area contributed by atoms with Crippen LogP contribution in [0, 0.1) is 5.92 Å². The average molecular weight is 142 g/mol. The van der Waals surface area contributed by atoms with Gasteiger partial charge in [-0.15, -0.1) is 0 Å². The van der Waals surface area contributed by atoms with Crippen LogP contribution in [0.15, 0.2) is 0 Å². The molecule has 0 radical (unpaired) electrons. The normalized spacial score (nSPS) is 39.0. The van der Waals surface area contributed by atoms with Gasteiger partial charge in [0.25, 0.3) is 0 Å². The van der Waals surface area contributed by atoms with Gasteiger partial charge in [-0.3, -0.25) is 4.79 Å². The van der Waals surface area contributed by atoms with Crippen LogP contribution >= 0.6 is 0 Å². The predicted molar refractivity (Wildman–Crippen MR) is 33.2 cm³/mol. The van der Waals surface area contributed by atoms with E-state index in [1.165, 1.54) is 0 Å². The number of carbonyl (C=O) groups is 1. The first-order chi connectivity index (χ1) is 4.88. The Kier molecular flexibility index (Phi) is 1.38. The van der Waals surface area contributed by atoms with Gasteiger partial charge in [-0.05, 0) is 19.3 Å². The van der Waals surface area contributed by atoms with Crippen LogP contribution in [0.25, 0.3) is 0 Å². The molecule has 2 fully saturated rings. The van der Waals surface area contributed by atoms with Gasteiger partial charge in [-0.2, -0.15) is 0 Å². The lowest BCUT2D eigenvalue weighted by Crippen LogP contribution is -2.34. The van der Waals surface area contributed by atoms with Crippen LogP contribution in [-0.4, -0.2) is 18.9 Å². The Labute approximate surface area is 59.3 Å². The molecule has 0 aromatic rings. The van der Waals surface area contributed by atoms with Crippen molar-refractivity contribution >= 4 is 5.97 Å². The number of carbonyl (C=O) groups excluding carboxylic acids is 1. The van der Waals surface area contributed by atoms with E-state index in [2.05, 4.69) is 0 Å². The minimum Gasteiger partial charge on any atom is -0.438 e. The van der Waals surface area contributed by atoms with Gasteiger partial charge in [0.1, 0.15) is 0 Å². The van der Waals surface area contributed by atoms with E-state index in [-0.39, 0.29) is 24.8 Å². The second kappa shape index (κ2) is 2.23. The van der Waals surface area contributed by atoms with E-state index in [0.717, 1.165) is 19.3 Å². The zero-order valence-corrected chi connectivity index (χ0v) is 5.71. The Morgan fingerprint density at radius 2 is 2.30 bits per heavy atom. The summed E-state index contributed by atoms with van der Waals surface area (Å²) in [5.41, 5.74) is 0. The Balaban J connectivity index is 2.10. The maximum Gasteiger partial charge on any atom is 0.313 e. The molecule has 2 aliphatic rings. The molecule has 2 unspecified atom stereocenters. The molecule has 0 aromatic heterocycles. The van der Waals surface area contributed by atoms with Gasteiger partial charge in [-0.25, -0.2) is 0 Å². The molecule has 3 heteroatoms. The molecule has 0 bridgehead atoms. The van der Waals surface area contributed by atoms with E-state index in [1.54, 1.807) is 0 Å². The van der Waals surface area contributed by atoms with Crippen LogP contribution < -0.4 is 0 Å². The summed E-state index contributed by atoms with van der Waals surface area (Å²) in [7, 11) is 0. The van der Waals surface area contributed by atoms with Gasteiger partial charge >= 0.3 is 5.97 Å². The molecule has 0 spiro atoms. The average Bonchev–Trinajstić information content (AvgIpc) is 2.36. The minimum atomic E-state index is -0.0613. The third-order valence-corrected chi connectivity index (χ3v) is 2.24. The smallest absolute Gasteiger partial charge is 0.313 e. The SMILES string of the molecule is O=C1OCOC2CCCC12. The molecular weight excluding hydrogens is 132 g/mol. The van der Waals surface area contributed by atoms with Crippen molar-refractivity contribution in [1.82, 2.24) is 0 Å². The van der Waals surface area contributed by atoms with Crippen LogP contribution in [0.1, 0.15) is 19.3 Å². The highest BCUT2D eigenvalue weighted by Crippen LogP contribution is 2.31. The highest BCUT2D eigenvalue weighted by Gasteiger charge is 2.37. The minimum absolute atomic E-state index is 0.0498. The summed E-state index contributed by atoms with van der Waals surface area (Å²) in [6.07, 6.45) is 3.24. The van der Waals surface area contributed by atoms with E-state index >= 15 is 0 Å². The van der Waals surface area contributed by atoms with Crippen molar-refractivity contribution in [3.05, 3.63) is 0 Å². The topological polar surface area (TPSA) is 35.5 Å². The van der Waals surface area contributed by atoms with Crippen molar-refractivity contribution < 1.29 is 14.3 Å². The van der Waals surface area contributed by atoms with Gasteiger partial charge in [0.2, 0.25) is 0 Å². The number of hydrogen-bond donors (Lipinski definition) is 0. The summed E-state index contributed by atoms with van der Waals surface area (Å²) >= 11 is 0. The quantitative estimate of drug-likeness (QED) is 0.467. The lowest BCUT2D eigenvalue weighted by atomic mass is 10.1. The summed E-state index contributed by atoms with van der Waals surface area (Å²) in [5, 5.41) is 0. The Morgan fingerprint density at radius 3 is 3.10 bits per heavy atom. The molecule has 10 heavy (non-hydrogen) atoms. The number of cyclic esters (lactones) is 1. The molecular formula is C7H10O3. The third-order valence-electron chi connectivity index (χ3n) is 2.24. The second-order valence-corrected chi connectivity index (χ2v) is 2.82. The molecule has 0 N–H and O–H groups in total. The van der Waals surface area contributed by atoms with Crippen LogP contribution in [0.5, 0.6) is 0 Å². The van der Waals surface area contributed by atoms with E-state index in [4.69, 9.17) is 9.47 Å². The first-order valence-corrected chi connectivity index (χ1v) is 3.66. The molecule has 0 amide bonds. The molecule has 2 rings (SSSR count). The Morgan fingerprint density at radius 1 is 1.40 bits per heavy atom. The second-order valence-electron chi connectivity index (χ2n) is 2.82. The van der Waals surface area contributed by atoms with Gasteiger partial charge in [0.05, 0.1) is 12.0 Å². The molecule has 56 valence electrons. The maximum atomic E-state index is 11.0. The Hall–Kier alpha value is -0.570. The van der Waals surface area contributed by atoms with Crippen molar-refractivity contribution in [3.63, 3.8) is 0 Å². The van der Waals surface area contributed by atoms with E-state index in [1.807, 2.05) is 0 Å². The van der Waals surface area contributed by atoms with Crippen LogP contribution in [-0.2, 0) is 14.3 Å². The predicted octanol–water partition coefficient (Wildman–Crippen LogP) is 0.686. The van der Waals surface area contributed by atoms with Crippen molar-refractivity contribution in [2.45, 2.75) is 25.4 Å². The third kappa shape index (κ3) is 0.814. The summed E-state index contributed by atoms with van der Waals surface area (Å²) in [5.74, 6) is -0.0116. The molecule has 0 aromatic carbocycles. The van der Waals surface area contributed by atoms with E-state index in [0.29, 0.717) is 0 Å².